The van der Waals surface area contributed by atoms with Crippen molar-refractivity contribution in [3.8, 4) is 0 Å². The summed E-state index contributed by atoms with van der Waals surface area (Å²) in [6, 6.07) is 16.1. The maximum absolute atomic E-state index is 11.7. The van der Waals surface area contributed by atoms with E-state index in [0.29, 0.717) is 12.1 Å². The molecule has 28 heavy (non-hydrogen) atoms. The molecule has 6 nitrogen and oxygen atoms in total. The Labute approximate surface area is 184 Å². The summed E-state index contributed by atoms with van der Waals surface area (Å²) in [5.41, 5.74) is 4.17. The predicted molar refractivity (Wildman–Crippen MR) is 128 cm³/mol. The summed E-state index contributed by atoms with van der Waals surface area (Å²) >= 11 is 0. The van der Waals surface area contributed by atoms with E-state index in [9.17, 15) is 4.79 Å². The van der Waals surface area contributed by atoms with Gasteiger partial charge in [-0.05, 0) is 41.8 Å². The lowest BCUT2D eigenvalue weighted by Gasteiger charge is -2.14. The lowest BCUT2D eigenvalue weighted by Crippen LogP contribution is -2.37. The van der Waals surface area contributed by atoms with Gasteiger partial charge in [-0.2, -0.15) is 0 Å². The molecule has 2 rings (SSSR count). The van der Waals surface area contributed by atoms with E-state index >= 15 is 0 Å². The molecule has 0 radical (unpaired) electrons. The van der Waals surface area contributed by atoms with E-state index in [4.69, 9.17) is 0 Å². The highest BCUT2D eigenvalue weighted by Crippen LogP contribution is 2.12. The molecular formula is C21H30IN5O. The zero-order chi connectivity index (χ0) is 19.6. The highest BCUT2D eigenvalue weighted by molar-refractivity contribution is 14.0. The average molecular weight is 495 g/mol. The fourth-order valence-electron chi connectivity index (χ4n) is 2.66. The van der Waals surface area contributed by atoms with Crippen molar-refractivity contribution in [1.82, 2.24) is 16.0 Å². The number of carbonyl (C=O) groups is 1. The molecule has 0 aliphatic rings. The monoisotopic (exact) mass is 495 g/mol. The third-order valence-corrected chi connectivity index (χ3v) is 4.26. The summed E-state index contributed by atoms with van der Waals surface area (Å²) in [5, 5.41) is 9.28. The van der Waals surface area contributed by atoms with Crippen LogP contribution in [0.25, 0.3) is 0 Å². The summed E-state index contributed by atoms with van der Waals surface area (Å²) in [5.74, 6) is 0.691. The fourth-order valence-corrected chi connectivity index (χ4v) is 2.66. The summed E-state index contributed by atoms with van der Waals surface area (Å²) < 4.78 is 0. The first-order chi connectivity index (χ1) is 13.0. The Kier molecular flexibility index (Phi) is 10.4. The molecule has 0 aromatic heterocycles. The van der Waals surface area contributed by atoms with E-state index in [1.807, 2.05) is 38.4 Å². The van der Waals surface area contributed by atoms with Gasteiger partial charge in [0.2, 0.25) is 0 Å². The molecule has 0 bridgehead atoms. The number of halogens is 1. The molecule has 0 saturated carbocycles. The molecule has 0 atom stereocenters. The van der Waals surface area contributed by atoms with Gasteiger partial charge in [0.15, 0.2) is 5.96 Å². The second kappa shape index (κ2) is 12.2. The lowest BCUT2D eigenvalue weighted by atomic mass is 10.1. The molecule has 7 heteroatoms. The van der Waals surface area contributed by atoms with Gasteiger partial charge in [-0.1, -0.05) is 24.3 Å². The smallest absolute Gasteiger partial charge is 0.251 e. The van der Waals surface area contributed by atoms with E-state index in [1.54, 1.807) is 14.1 Å². The third-order valence-electron chi connectivity index (χ3n) is 4.26. The minimum atomic E-state index is -0.0671. The number of hydrogen-bond donors (Lipinski definition) is 3. The topological polar surface area (TPSA) is 68.8 Å². The van der Waals surface area contributed by atoms with Crippen LogP contribution in [-0.4, -0.2) is 46.6 Å². The van der Waals surface area contributed by atoms with Crippen LogP contribution >= 0.6 is 24.0 Å². The molecule has 0 aliphatic carbocycles. The van der Waals surface area contributed by atoms with Crippen LogP contribution < -0.4 is 20.9 Å². The van der Waals surface area contributed by atoms with Crippen LogP contribution in [0.15, 0.2) is 53.5 Å². The van der Waals surface area contributed by atoms with Crippen LogP contribution in [0.1, 0.15) is 21.5 Å². The van der Waals surface area contributed by atoms with E-state index in [1.165, 1.54) is 11.3 Å². The molecule has 2 aromatic rings. The van der Waals surface area contributed by atoms with Crippen LogP contribution in [0.2, 0.25) is 0 Å². The van der Waals surface area contributed by atoms with Gasteiger partial charge < -0.3 is 20.9 Å². The second-order valence-electron chi connectivity index (χ2n) is 6.44. The van der Waals surface area contributed by atoms with Crippen molar-refractivity contribution < 1.29 is 4.79 Å². The van der Waals surface area contributed by atoms with Gasteiger partial charge in [-0.3, -0.25) is 9.79 Å². The van der Waals surface area contributed by atoms with Crippen molar-refractivity contribution in [2.75, 3.05) is 39.6 Å². The van der Waals surface area contributed by atoms with Gasteiger partial charge in [-0.25, -0.2) is 0 Å². The van der Waals surface area contributed by atoms with Crippen LogP contribution in [0.5, 0.6) is 0 Å². The summed E-state index contributed by atoms with van der Waals surface area (Å²) in [6.45, 7) is 1.44. The van der Waals surface area contributed by atoms with Gasteiger partial charge in [0, 0.05) is 52.5 Å². The largest absolute Gasteiger partial charge is 0.378 e. The molecule has 0 heterocycles. The number of benzene rings is 2. The molecule has 0 unspecified atom stereocenters. The maximum Gasteiger partial charge on any atom is 0.251 e. The normalized spacial score (nSPS) is 10.6. The first kappa shape index (κ1) is 23.7. The number of rotatable bonds is 7. The fraction of sp³-hybridized carbons (Fsp3) is 0.333. The first-order valence-corrected chi connectivity index (χ1v) is 9.05. The SMILES string of the molecule is CN=C(NCCc1cccc(C(=O)NC)c1)NCc1ccc(N(C)C)cc1.I. The summed E-state index contributed by atoms with van der Waals surface area (Å²) in [7, 11) is 7.46. The van der Waals surface area contributed by atoms with Gasteiger partial charge in [0.25, 0.3) is 5.91 Å². The Bertz CT molecular complexity index is 775. The Morgan fingerprint density at radius 3 is 2.36 bits per heavy atom. The standard InChI is InChI=1S/C21H29N5O.HI/c1-22-20(27)18-7-5-6-16(14-18)12-13-24-21(23-2)25-15-17-8-10-19(11-9-17)26(3)4;/h5-11,14H,12-13,15H2,1-4H3,(H,22,27)(H2,23,24,25);1H. The Morgan fingerprint density at radius 2 is 1.75 bits per heavy atom. The number of nitrogens with zero attached hydrogens (tertiary/aromatic N) is 2. The number of nitrogens with one attached hydrogen (secondary N) is 3. The molecule has 3 N–H and O–H groups in total. The highest BCUT2D eigenvalue weighted by atomic mass is 127. The molecule has 152 valence electrons. The van der Waals surface area contributed by atoms with Crippen molar-refractivity contribution in [2.45, 2.75) is 13.0 Å². The highest BCUT2D eigenvalue weighted by Gasteiger charge is 2.04. The van der Waals surface area contributed by atoms with Crippen molar-refractivity contribution in [1.29, 1.82) is 0 Å². The zero-order valence-electron chi connectivity index (χ0n) is 17.0. The van der Waals surface area contributed by atoms with Crippen LogP contribution in [0.4, 0.5) is 5.69 Å². The molecule has 0 fully saturated rings. The number of carbonyl (C=O) groups excluding carboxylic acids is 1. The van der Waals surface area contributed by atoms with Crippen LogP contribution in [0.3, 0.4) is 0 Å². The Hall–Kier alpha value is -2.29. The zero-order valence-corrected chi connectivity index (χ0v) is 19.3. The van der Waals surface area contributed by atoms with E-state index < -0.39 is 0 Å². The Balaban J connectivity index is 0.00000392. The van der Waals surface area contributed by atoms with Gasteiger partial charge >= 0.3 is 0 Å². The molecule has 0 spiro atoms. The molecule has 1 amide bonds. The molecular weight excluding hydrogens is 465 g/mol. The number of guanidine groups is 1. The number of anilines is 1. The number of hydrogen-bond acceptors (Lipinski definition) is 3. The minimum absolute atomic E-state index is 0. The number of aliphatic imine (C=N–C) groups is 1. The first-order valence-electron chi connectivity index (χ1n) is 9.05. The molecule has 0 aliphatic heterocycles. The van der Waals surface area contributed by atoms with E-state index in [0.717, 1.165) is 24.5 Å². The van der Waals surface area contributed by atoms with Crippen LogP contribution in [-0.2, 0) is 13.0 Å². The van der Waals surface area contributed by atoms with Crippen molar-refractivity contribution in [2.24, 2.45) is 4.99 Å². The summed E-state index contributed by atoms with van der Waals surface area (Å²) in [6.07, 6.45) is 0.809. The lowest BCUT2D eigenvalue weighted by molar-refractivity contribution is 0.0963. The van der Waals surface area contributed by atoms with Gasteiger partial charge in [0.05, 0.1) is 0 Å². The average Bonchev–Trinajstić information content (AvgIpc) is 2.70. The van der Waals surface area contributed by atoms with Crippen LogP contribution in [0, 0.1) is 0 Å². The summed E-state index contributed by atoms with van der Waals surface area (Å²) in [4.78, 5) is 18.1. The van der Waals surface area contributed by atoms with Crippen molar-refractivity contribution >= 4 is 41.5 Å². The Morgan fingerprint density at radius 1 is 1.04 bits per heavy atom. The van der Waals surface area contributed by atoms with Gasteiger partial charge in [0.1, 0.15) is 0 Å². The second-order valence-corrected chi connectivity index (χ2v) is 6.44. The predicted octanol–water partition coefficient (Wildman–Crippen LogP) is 2.64. The quantitative estimate of drug-likeness (QED) is 0.314. The van der Waals surface area contributed by atoms with Crippen molar-refractivity contribution in [3.05, 3.63) is 65.2 Å². The molecule has 0 saturated heterocycles. The molecule has 2 aromatic carbocycles. The van der Waals surface area contributed by atoms with E-state index in [2.05, 4.69) is 50.1 Å². The van der Waals surface area contributed by atoms with E-state index in [-0.39, 0.29) is 29.9 Å². The number of amides is 1. The van der Waals surface area contributed by atoms with Crippen molar-refractivity contribution in [3.63, 3.8) is 0 Å². The third kappa shape index (κ3) is 7.38. The van der Waals surface area contributed by atoms with Gasteiger partial charge in [-0.15, -0.1) is 24.0 Å². The maximum atomic E-state index is 11.7. The minimum Gasteiger partial charge on any atom is -0.378 e.